The number of hydrogen-bond acceptors (Lipinski definition) is 23. The van der Waals surface area contributed by atoms with Gasteiger partial charge < -0.3 is 85.7 Å². The van der Waals surface area contributed by atoms with Crippen LogP contribution in [0.4, 0.5) is 25.8 Å². The number of ketones is 4. The van der Waals surface area contributed by atoms with Crippen molar-refractivity contribution in [3.05, 3.63) is 93.6 Å². The highest BCUT2D eigenvalue weighted by atomic mass is 16.7. The SMILES string of the molecule is CO[C@H]1OCCN2[C@@H]1O[C@@H]1[C@H](C)OC(O[C@H]3C[C@](O)(C(=O)COC(=O)N(C)CCN(C)C(=O)OCc4ccc(NC(=O)[C@H](CCCNC(N)=O)CC(=O)[C@@H](NC(=O)CCCCCN5C(=O)C=CC5=O)C(C)C)cc4)Cc4c(O)c5c(c(O)c43)C(=O)c3c(N)cccc3C5=O)C[C@@H]12. The highest BCUT2D eigenvalue weighted by Crippen LogP contribution is 2.53. The van der Waals surface area contributed by atoms with Gasteiger partial charge in [0.25, 0.3) is 11.8 Å². The Morgan fingerprint density at radius 3 is 2.22 bits per heavy atom. The smallest absolute Gasteiger partial charge is 0.409 e. The molecule has 9 rings (SSSR count). The molecule has 0 bridgehead atoms. The van der Waals surface area contributed by atoms with E-state index in [1.807, 2.05) is 0 Å². The molecule has 96 heavy (non-hydrogen) atoms. The largest absolute Gasteiger partial charge is 0.507 e. The molecule has 518 valence electrons. The number of unbranched alkanes of at least 4 members (excludes halogenated alkanes) is 2. The number of aliphatic hydroxyl groups is 1. The van der Waals surface area contributed by atoms with E-state index in [4.69, 9.17) is 44.6 Å². The third kappa shape index (κ3) is 16.0. The number of phenols is 2. The molecule has 30 heteroatoms. The maximum atomic E-state index is 14.3. The van der Waals surface area contributed by atoms with Crippen molar-refractivity contribution in [2.24, 2.45) is 17.6 Å². The Balaban J connectivity index is 0.769. The van der Waals surface area contributed by atoms with E-state index in [1.54, 1.807) is 45.0 Å². The summed E-state index contributed by atoms with van der Waals surface area (Å²) < 4.78 is 41.4. The number of carbonyl (C=O) groups excluding carboxylic acids is 11. The summed E-state index contributed by atoms with van der Waals surface area (Å²) in [6, 6.07) is 8.62. The number of rotatable bonds is 28. The first-order valence-electron chi connectivity index (χ1n) is 31.9. The number of Topliss-reactive ketones (excluding diaryl/α,β-unsaturated/α-hetero) is 2. The van der Waals surface area contributed by atoms with Crippen LogP contribution in [-0.2, 0) is 75.0 Å². The van der Waals surface area contributed by atoms with E-state index in [-0.39, 0.29) is 122 Å². The fraction of sp³-hybridized carbons (Fsp3) is 0.530. The number of morpholine rings is 1. The van der Waals surface area contributed by atoms with Crippen LogP contribution in [0.3, 0.4) is 0 Å². The molecular formula is C66H83N9O21. The average molecular weight is 1340 g/mol. The number of benzene rings is 3. The zero-order valence-corrected chi connectivity index (χ0v) is 54.3. The van der Waals surface area contributed by atoms with Crippen molar-refractivity contribution in [2.75, 3.05) is 78.2 Å². The zero-order chi connectivity index (χ0) is 69.4. The van der Waals surface area contributed by atoms with Gasteiger partial charge in [-0.3, -0.25) is 48.2 Å². The van der Waals surface area contributed by atoms with Crippen LogP contribution in [0.1, 0.15) is 133 Å². The first-order chi connectivity index (χ1) is 45.7. The molecule has 8 amide bonds. The molecule has 3 fully saturated rings. The number of amides is 8. The number of nitrogens with zero attached hydrogens (tertiary/aromatic N) is 4. The molecule has 0 aromatic heterocycles. The third-order valence-corrected chi connectivity index (χ3v) is 18.2. The van der Waals surface area contributed by atoms with E-state index in [2.05, 4.69) is 20.9 Å². The molecule has 0 saturated carbocycles. The third-order valence-electron chi connectivity index (χ3n) is 18.2. The number of phenolic OH excluding ortho intramolecular Hbond substituents is 2. The monoisotopic (exact) mass is 1340 g/mol. The molecule has 6 aliphatic rings. The summed E-state index contributed by atoms with van der Waals surface area (Å²) in [5.41, 5.74) is 7.91. The number of ether oxygens (including phenoxy) is 7. The molecule has 0 radical (unpaired) electrons. The lowest BCUT2D eigenvalue weighted by atomic mass is 9.71. The van der Waals surface area contributed by atoms with Gasteiger partial charge in [0.1, 0.15) is 29.8 Å². The standard InChI is InChI=1S/C66H83N9O21/c1-34(2)54(71-46(78)15-8-7-9-23-75-47(79)20-21-48(75)80)43(76)28-37(12-11-22-69-63(68)86)60(85)70-38-18-16-36(17-19-38)32-92-64(87)72(4)24-25-73(5)65(88)93-33-45(77)66(89)30-40-51(58(84)53-52(56(40)82)55(81)39-13-10-14-41(67)50(39)57(53)83)44(31-66)95-49-29-42-59(35(3)94-49)96-61-62(90-6)91-27-26-74(42)61/h10,13-14,16-21,34-35,37,42,44,49,54,59,61-62,82,84,89H,7-9,11-12,15,22-33,67H2,1-6H3,(H,70,85)(H,71,78)(H3,68,69,86)/t35-,37+,42-,44-,49?,54-,59+,61+,62-,66-/m0/s1. The highest BCUT2D eigenvalue weighted by Gasteiger charge is 2.55. The van der Waals surface area contributed by atoms with E-state index >= 15 is 0 Å². The zero-order valence-electron chi connectivity index (χ0n) is 54.3. The molecule has 3 saturated heterocycles. The molecule has 30 nitrogen and oxygen atoms in total. The molecule has 2 aliphatic carbocycles. The van der Waals surface area contributed by atoms with E-state index in [0.717, 1.165) is 9.80 Å². The lowest BCUT2D eigenvalue weighted by Gasteiger charge is -2.43. The van der Waals surface area contributed by atoms with Gasteiger partial charge in [-0.2, -0.15) is 0 Å². The topological polar surface area (TPSA) is 414 Å². The number of nitrogens with two attached hydrogens (primary N) is 2. The van der Waals surface area contributed by atoms with Crippen LogP contribution in [0, 0.1) is 11.8 Å². The minimum atomic E-state index is -2.48. The van der Waals surface area contributed by atoms with Gasteiger partial charge in [0.05, 0.1) is 41.5 Å². The summed E-state index contributed by atoms with van der Waals surface area (Å²) in [5.74, 6) is -7.44. The van der Waals surface area contributed by atoms with Gasteiger partial charge in [-0.15, -0.1) is 0 Å². The van der Waals surface area contributed by atoms with Crippen molar-refractivity contribution in [3.8, 4) is 11.5 Å². The number of urea groups is 1. The van der Waals surface area contributed by atoms with Crippen LogP contribution < -0.4 is 27.4 Å². The summed E-state index contributed by atoms with van der Waals surface area (Å²) in [5, 5.41) is 44.6. The fourth-order valence-corrected chi connectivity index (χ4v) is 13.0. The number of aromatic hydroxyl groups is 2. The average Bonchev–Trinajstić information content (AvgIpc) is 0.894. The molecule has 0 spiro atoms. The summed E-state index contributed by atoms with van der Waals surface area (Å²) >= 11 is 0. The van der Waals surface area contributed by atoms with Gasteiger partial charge in [-0.1, -0.05) is 44.5 Å². The van der Waals surface area contributed by atoms with Crippen molar-refractivity contribution < 1.29 is 101 Å². The Bertz CT molecular complexity index is 3530. The van der Waals surface area contributed by atoms with Crippen molar-refractivity contribution in [2.45, 2.75) is 146 Å². The van der Waals surface area contributed by atoms with Crippen molar-refractivity contribution in [1.29, 1.82) is 0 Å². The molecule has 3 aromatic carbocycles. The summed E-state index contributed by atoms with van der Waals surface area (Å²) in [4.78, 5) is 150. The number of hydrogen-bond donors (Lipinski definition) is 8. The second kappa shape index (κ2) is 30.9. The number of imide groups is 1. The molecular weight excluding hydrogens is 1250 g/mol. The van der Waals surface area contributed by atoms with Crippen LogP contribution in [-0.4, -0.2) is 216 Å². The molecule has 4 heterocycles. The Labute approximate surface area is 553 Å². The number of nitrogen functional groups attached to an aromatic ring is 1. The van der Waals surface area contributed by atoms with Crippen molar-refractivity contribution >= 4 is 76.4 Å². The molecule has 1 unspecified atom stereocenters. The lowest BCUT2D eigenvalue weighted by Crippen LogP contribution is -2.55. The van der Waals surface area contributed by atoms with E-state index < -0.39 is 138 Å². The van der Waals surface area contributed by atoms with Crippen LogP contribution in [0.5, 0.6) is 11.5 Å². The van der Waals surface area contributed by atoms with E-state index in [1.165, 1.54) is 56.5 Å². The minimum Gasteiger partial charge on any atom is -0.507 e. The van der Waals surface area contributed by atoms with E-state index in [9.17, 15) is 68.1 Å². The van der Waals surface area contributed by atoms with Gasteiger partial charge in [0.2, 0.25) is 17.6 Å². The predicted octanol–water partition coefficient (Wildman–Crippen LogP) is 3.22. The number of methoxy groups -OCH3 is 1. The molecule has 10 atom stereocenters. The van der Waals surface area contributed by atoms with Gasteiger partial charge in [-0.25, -0.2) is 14.4 Å². The van der Waals surface area contributed by atoms with Gasteiger partial charge in [0.15, 0.2) is 42.8 Å². The maximum absolute atomic E-state index is 14.3. The number of carbonyl (C=O) groups is 11. The normalized spacial score (nSPS) is 23.2. The van der Waals surface area contributed by atoms with Gasteiger partial charge in [-0.05, 0) is 62.3 Å². The predicted molar refractivity (Wildman–Crippen MR) is 337 cm³/mol. The van der Waals surface area contributed by atoms with E-state index in [0.29, 0.717) is 50.1 Å². The summed E-state index contributed by atoms with van der Waals surface area (Å²) in [7, 11) is 4.27. The number of fused-ring (bicyclic) bond motifs is 6. The number of likely N-dealkylation sites (N-methyl/N-ethyl adjacent to an activating group) is 2. The molecule has 4 aliphatic heterocycles. The Hall–Kier alpha value is -8.91. The first kappa shape index (κ1) is 71.4. The van der Waals surface area contributed by atoms with Gasteiger partial charge >= 0.3 is 18.2 Å². The molecule has 3 aromatic rings. The van der Waals surface area contributed by atoms with Crippen molar-refractivity contribution in [1.82, 2.24) is 30.2 Å². The summed E-state index contributed by atoms with van der Waals surface area (Å²) in [6.45, 7) is 5.12. The quantitative estimate of drug-likeness (QED) is 0.0175. The minimum absolute atomic E-state index is 0.0427. The van der Waals surface area contributed by atoms with Crippen molar-refractivity contribution in [3.63, 3.8) is 0 Å². The Morgan fingerprint density at radius 2 is 1.54 bits per heavy atom. The second-order valence-electron chi connectivity index (χ2n) is 25.2. The lowest BCUT2D eigenvalue weighted by molar-refractivity contribution is -0.256. The Kier molecular flexibility index (Phi) is 23.0. The van der Waals surface area contributed by atoms with Crippen LogP contribution >= 0.6 is 0 Å². The highest BCUT2D eigenvalue weighted by molar-refractivity contribution is 6.32. The fourth-order valence-electron chi connectivity index (χ4n) is 13.0. The Morgan fingerprint density at radius 1 is 0.854 bits per heavy atom. The van der Waals surface area contributed by atoms with Crippen LogP contribution in [0.25, 0.3) is 0 Å². The second-order valence-corrected chi connectivity index (χ2v) is 25.2. The number of primary amides is 1. The summed E-state index contributed by atoms with van der Waals surface area (Å²) in [6.07, 6.45) is -3.51. The number of anilines is 2. The maximum Gasteiger partial charge on any atom is 0.409 e. The molecule has 10 N–H and O–H groups in total. The van der Waals surface area contributed by atoms with Crippen LogP contribution in [0.2, 0.25) is 0 Å². The van der Waals surface area contributed by atoms with Crippen LogP contribution in [0.15, 0.2) is 54.6 Å². The number of nitrogens with one attached hydrogen (secondary N) is 3. The first-order valence-corrected chi connectivity index (χ1v) is 31.9. The van der Waals surface area contributed by atoms with Gasteiger partial charge in [0, 0.05) is 138 Å².